The van der Waals surface area contributed by atoms with E-state index in [4.69, 9.17) is 11.6 Å². The zero-order valence-corrected chi connectivity index (χ0v) is 15.9. The standard InChI is InChI=1S/C22H16ClFN4O/c23-17-7-4-8-18(24)16(17)13-25-28-22(29)15-9-10-19-20(12-15)27-21(26-19)11-14-5-2-1-3-6-14/h1-10,12-13H,11H2,(H,26,27)(H,28,29)/b25-13-. The zero-order chi connectivity index (χ0) is 20.2. The Morgan fingerprint density at radius 1 is 1.14 bits per heavy atom. The van der Waals surface area contributed by atoms with Gasteiger partial charge < -0.3 is 4.98 Å². The molecule has 0 unspecified atom stereocenters. The number of nitrogens with one attached hydrogen (secondary N) is 2. The summed E-state index contributed by atoms with van der Waals surface area (Å²) in [6, 6.07) is 19.5. The van der Waals surface area contributed by atoms with E-state index in [1.54, 1.807) is 24.3 Å². The number of rotatable bonds is 5. The van der Waals surface area contributed by atoms with E-state index in [9.17, 15) is 9.18 Å². The lowest BCUT2D eigenvalue weighted by Gasteiger charge is -2.01. The Morgan fingerprint density at radius 3 is 2.76 bits per heavy atom. The maximum atomic E-state index is 13.7. The number of amides is 1. The van der Waals surface area contributed by atoms with Crippen molar-refractivity contribution >= 4 is 34.8 Å². The molecule has 0 saturated heterocycles. The number of H-pyrrole nitrogens is 1. The average Bonchev–Trinajstić information content (AvgIpc) is 3.12. The Labute approximate surface area is 171 Å². The van der Waals surface area contributed by atoms with Gasteiger partial charge in [-0.2, -0.15) is 5.10 Å². The van der Waals surface area contributed by atoms with Gasteiger partial charge in [-0.05, 0) is 35.9 Å². The molecule has 0 aliphatic carbocycles. The van der Waals surface area contributed by atoms with Crippen LogP contribution in [0.15, 0.2) is 71.8 Å². The first-order valence-corrected chi connectivity index (χ1v) is 9.28. The minimum absolute atomic E-state index is 0.115. The summed E-state index contributed by atoms with van der Waals surface area (Å²) < 4.78 is 13.7. The van der Waals surface area contributed by atoms with Crippen molar-refractivity contribution in [3.8, 4) is 0 Å². The largest absolute Gasteiger partial charge is 0.342 e. The van der Waals surface area contributed by atoms with E-state index in [-0.39, 0.29) is 10.6 Å². The summed E-state index contributed by atoms with van der Waals surface area (Å²) in [4.78, 5) is 20.2. The van der Waals surface area contributed by atoms with E-state index in [0.29, 0.717) is 12.0 Å². The molecule has 1 amide bonds. The van der Waals surface area contributed by atoms with Gasteiger partial charge in [0.2, 0.25) is 0 Å². The van der Waals surface area contributed by atoms with Crippen molar-refractivity contribution in [2.45, 2.75) is 6.42 Å². The van der Waals surface area contributed by atoms with E-state index in [1.807, 2.05) is 30.3 Å². The number of carbonyl (C=O) groups is 1. The number of hydrogen-bond acceptors (Lipinski definition) is 3. The smallest absolute Gasteiger partial charge is 0.271 e. The van der Waals surface area contributed by atoms with Crippen molar-refractivity contribution in [1.29, 1.82) is 0 Å². The molecule has 0 fully saturated rings. The summed E-state index contributed by atoms with van der Waals surface area (Å²) in [5.74, 6) is -0.119. The van der Waals surface area contributed by atoms with Gasteiger partial charge in [-0.15, -0.1) is 0 Å². The molecule has 2 N–H and O–H groups in total. The lowest BCUT2D eigenvalue weighted by molar-refractivity contribution is 0.0955. The topological polar surface area (TPSA) is 70.1 Å². The van der Waals surface area contributed by atoms with Gasteiger partial charge in [0.05, 0.1) is 22.3 Å². The van der Waals surface area contributed by atoms with Crippen molar-refractivity contribution in [3.63, 3.8) is 0 Å². The van der Waals surface area contributed by atoms with Crippen molar-refractivity contribution in [1.82, 2.24) is 15.4 Å². The van der Waals surface area contributed by atoms with Gasteiger partial charge >= 0.3 is 0 Å². The first kappa shape index (κ1) is 18.8. The molecule has 4 aromatic rings. The minimum atomic E-state index is -0.514. The normalized spacial score (nSPS) is 11.2. The molecule has 1 aromatic heterocycles. The van der Waals surface area contributed by atoms with Crippen LogP contribution in [0.3, 0.4) is 0 Å². The van der Waals surface area contributed by atoms with Crippen LogP contribution in [0, 0.1) is 5.82 Å². The summed E-state index contributed by atoms with van der Waals surface area (Å²) in [5.41, 5.74) is 5.58. The minimum Gasteiger partial charge on any atom is -0.342 e. The predicted molar refractivity (Wildman–Crippen MR) is 112 cm³/mol. The highest BCUT2D eigenvalue weighted by atomic mass is 35.5. The third kappa shape index (κ3) is 4.33. The fraction of sp³-hybridized carbons (Fsp3) is 0.0455. The Hall–Kier alpha value is -3.51. The van der Waals surface area contributed by atoms with Gasteiger partial charge in [0.1, 0.15) is 11.6 Å². The highest BCUT2D eigenvalue weighted by molar-refractivity contribution is 6.33. The molecule has 4 rings (SSSR count). The zero-order valence-electron chi connectivity index (χ0n) is 15.2. The van der Waals surface area contributed by atoms with Crippen LogP contribution in [0.25, 0.3) is 11.0 Å². The van der Waals surface area contributed by atoms with Gasteiger partial charge in [-0.25, -0.2) is 14.8 Å². The second kappa shape index (κ2) is 8.24. The Morgan fingerprint density at radius 2 is 1.97 bits per heavy atom. The number of nitrogens with zero attached hydrogens (tertiary/aromatic N) is 2. The Balaban J connectivity index is 1.48. The average molecular weight is 407 g/mol. The second-order valence-corrected chi connectivity index (χ2v) is 6.82. The predicted octanol–water partition coefficient (Wildman–Crippen LogP) is 4.71. The molecule has 1 heterocycles. The molecule has 0 spiro atoms. The lowest BCUT2D eigenvalue weighted by atomic mass is 10.1. The first-order valence-electron chi connectivity index (χ1n) is 8.90. The van der Waals surface area contributed by atoms with Crippen LogP contribution in [0.4, 0.5) is 4.39 Å². The number of carbonyl (C=O) groups excluding carboxylic acids is 1. The molecule has 0 atom stereocenters. The van der Waals surface area contributed by atoms with Gasteiger partial charge in [0.25, 0.3) is 5.91 Å². The fourth-order valence-corrected chi connectivity index (χ4v) is 3.14. The third-order valence-electron chi connectivity index (χ3n) is 4.37. The van der Waals surface area contributed by atoms with Gasteiger partial charge in [-0.3, -0.25) is 4.79 Å². The van der Waals surface area contributed by atoms with Crippen molar-refractivity contribution in [3.05, 3.63) is 100 Å². The quantitative estimate of drug-likeness (QED) is 0.372. The lowest BCUT2D eigenvalue weighted by Crippen LogP contribution is -2.17. The molecule has 29 heavy (non-hydrogen) atoms. The van der Waals surface area contributed by atoms with Gasteiger partial charge in [0.15, 0.2) is 0 Å². The molecule has 0 aliphatic heterocycles. The SMILES string of the molecule is O=C(N/N=C\c1c(F)cccc1Cl)c1ccc2nc(Cc3ccccc3)[nH]c2c1. The highest BCUT2D eigenvalue weighted by Gasteiger charge is 2.10. The van der Waals surface area contributed by atoms with E-state index < -0.39 is 11.7 Å². The number of halogens is 2. The van der Waals surface area contributed by atoms with Crippen LogP contribution in [0.1, 0.15) is 27.3 Å². The molecular weight excluding hydrogens is 391 g/mol. The van der Waals surface area contributed by atoms with E-state index in [0.717, 1.165) is 22.4 Å². The summed E-state index contributed by atoms with van der Waals surface area (Å²) in [6.07, 6.45) is 1.85. The van der Waals surface area contributed by atoms with E-state index in [2.05, 4.69) is 20.5 Å². The van der Waals surface area contributed by atoms with Crippen LogP contribution in [0.5, 0.6) is 0 Å². The molecule has 5 nitrogen and oxygen atoms in total. The van der Waals surface area contributed by atoms with Crippen LogP contribution in [0.2, 0.25) is 5.02 Å². The van der Waals surface area contributed by atoms with E-state index in [1.165, 1.54) is 18.3 Å². The molecule has 0 aliphatic rings. The van der Waals surface area contributed by atoms with Crippen molar-refractivity contribution < 1.29 is 9.18 Å². The van der Waals surface area contributed by atoms with Crippen LogP contribution < -0.4 is 5.43 Å². The summed E-state index contributed by atoms with van der Waals surface area (Å²) in [5, 5.41) is 4.02. The van der Waals surface area contributed by atoms with E-state index >= 15 is 0 Å². The highest BCUT2D eigenvalue weighted by Crippen LogP contribution is 2.17. The number of aromatic amines is 1. The second-order valence-electron chi connectivity index (χ2n) is 6.41. The summed E-state index contributed by atoms with van der Waals surface area (Å²) in [6.45, 7) is 0. The molecule has 0 radical (unpaired) electrons. The monoisotopic (exact) mass is 406 g/mol. The molecule has 3 aromatic carbocycles. The maximum absolute atomic E-state index is 13.7. The Bertz CT molecular complexity index is 1180. The van der Waals surface area contributed by atoms with Gasteiger partial charge in [-0.1, -0.05) is 48.0 Å². The molecule has 0 bridgehead atoms. The number of hydrogen-bond donors (Lipinski definition) is 2. The van der Waals surface area contributed by atoms with Crippen molar-refractivity contribution in [2.24, 2.45) is 5.10 Å². The third-order valence-corrected chi connectivity index (χ3v) is 4.70. The van der Waals surface area contributed by atoms with Crippen molar-refractivity contribution in [2.75, 3.05) is 0 Å². The maximum Gasteiger partial charge on any atom is 0.271 e. The first-order chi connectivity index (χ1) is 14.1. The molecule has 144 valence electrons. The summed E-state index contributed by atoms with van der Waals surface area (Å²) >= 11 is 5.93. The number of hydrazone groups is 1. The van der Waals surface area contributed by atoms with Crippen LogP contribution >= 0.6 is 11.6 Å². The summed E-state index contributed by atoms with van der Waals surface area (Å²) in [7, 11) is 0. The van der Waals surface area contributed by atoms with Gasteiger partial charge in [0, 0.05) is 17.5 Å². The number of benzene rings is 3. The number of imidazole rings is 1. The molecule has 7 heteroatoms. The Kier molecular flexibility index (Phi) is 5.35. The molecular formula is C22H16ClFN4O. The number of fused-ring (bicyclic) bond motifs is 1. The molecule has 0 saturated carbocycles. The van der Waals surface area contributed by atoms with Crippen LogP contribution in [-0.4, -0.2) is 22.1 Å². The van der Waals surface area contributed by atoms with Crippen LogP contribution in [-0.2, 0) is 6.42 Å². The number of aromatic nitrogens is 2. The fourth-order valence-electron chi connectivity index (χ4n) is 2.93.